The first kappa shape index (κ1) is 10.6. The van der Waals surface area contributed by atoms with Crippen molar-refractivity contribution in [3.05, 3.63) is 0 Å². The van der Waals surface area contributed by atoms with E-state index < -0.39 is 10.8 Å². The summed E-state index contributed by atoms with van der Waals surface area (Å²) in [6, 6.07) is 0.659. The minimum absolute atomic E-state index is 0.506. The third kappa shape index (κ3) is 3.70. The molecule has 2 fully saturated rings. The van der Waals surface area contributed by atoms with Crippen LogP contribution in [0.4, 0.5) is 0 Å². The summed E-state index contributed by atoms with van der Waals surface area (Å²) >= 11 is 0. The molecule has 82 valence electrons. The van der Waals surface area contributed by atoms with Crippen LogP contribution in [-0.4, -0.2) is 28.3 Å². The zero-order valence-corrected chi connectivity index (χ0v) is 9.65. The van der Waals surface area contributed by atoms with Crippen molar-refractivity contribution >= 4 is 10.8 Å². The fourth-order valence-corrected chi connectivity index (χ4v) is 3.40. The lowest BCUT2D eigenvalue weighted by atomic mass is 10.1. The number of rotatable bonds is 5. The van der Waals surface area contributed by atoms with Gasteiger partial charge in [0, 0.05) is 28.3 Å². The molecule has 0 radical (unpaired) electrons. The molecular formula is C11H21NOS. The molecule has 0 spiro atoms. The highest BCUT2D eigenvalue weighted by atomic mass is 32.2. The van der Waals surface area contributed by atoms with Crippen LogP contribution in [0, 0.1) is 5.92 Å². The summed E-state index contributed by atoms with van der Waals surface area (Å²) in [7, 11) is -0.506. The molecule has 0 amide bonds. The Morgan fingerprint density at radius 2 is 1.86 bits per heavy atom. The Bertz CT molecular complexity index is 193. The highest BCUT2D eigenvalue weighted by molar-refractivity contribution is 7.85. The molecule has 0 aromatic heterocycles. The van der Waals surface area contributed by atoms with Gasteiger partial charge in [-0.3, -0.25) is 4.21 Å². The van der Waals surface area contributed by atoms with Crippen molar-refractivity contribution in [1.29, 1.82) is 0 Å². The molecule has 14 heavy (non-hydrogen) atoms. The Morgan fingerprint density at radius 3 is 2.50 bits per heavy atom. The molecule has 0 aromatic carbocycles. The summed E-state index contributed by atoms with van der Waals surface area (Å²) in [5, 5.41) is 3.59. The molecule has 0 unspecified atom stereocenters. The monoisotopic (exact) mass is 215 g/mol. The molecule has 1 saturated carbocycles. The average Bonchev–Trinajstić information content (AvgIpc) is 2.99. The second-order valence-electron chi connectivity index (χ2n) is 4.66. The predicted octanol–water partition coefficient (Wildman–Crippen LogP) is 1.68. The van der Waals surface area contributed by atoms with Crippen LogP contribution in [-0.2, 0) is 10.8 Å². The number of hydrogen-bond acceptors (Lipinski definition) is 2. The molecule has 2 rings (SSSR count). The number of hydrogen-bond donors (Lipinski definition) is 1. The van der Waals surface area contributed by atoms with Gasteiger partial charge in [0.15, 0.2) is 0 Å². The first-order valence-electron chi connectivity index (χ1n) is 5.93. The van der Waals surface area contributed by atoms with Crippen molar-refractivity contribution in [3.63, 3.8) is 0 Å². The fraction of sp³-hybridized carbons (Fsp3) is 1.00. The van der Waals surface area contributed by atoms with Gasteiger partial charge in [-0.05, 0) is 38.1 Å². The summed E-state index contributed by atoms with van der Waals surface area (Å²) in [4.78, 5) is 0. The summed E-state index contributed by atoms with van der Waals surface area (Å²) in [6.07, 6.45) is 7.95. The van der Waals surface area contributed by atoms with E-state index in [2.05, 4.69) is 5.32 Å². The zero-order valence-electron chi connectivity index (χ0n) is 8.84. The van der Waals surface area contributed by atoms with Crippen molar-refractivity contribution in [2.75, 3.05) is 18.1 Å². The Kier molecular flexibility index (Phi) is 3.99. The highest BCUT2D eigenvalue weighted by Crippen LogP contribution is 2.33. The van der Waals surface area contributed by atoms with Crippen LogP contribution in [0.1, 0.15) is 38.5 Å². The second-order valence-corrected chi connectivity index (χ2v) is 6.36. The van der Waals surface area contributed by atoms with Crippen LogP contribution >= 0.6 is 0 Å². The molecular weight excluding hydrogens is 194 g/mol. The maximum atomic E-state index is 11.1. The normalized spacial score (nSPS) is 33.1. The van der Waals surface area contributed by atoms with Crippen LogP contribution < -0.4 is 5.32 Å². The van der Waals surface area contributed by atoms with Crippen molar-refractivity contribution in [1.82, 2.24) is 5.32 Å². The second kappa shape index (κ2) is 5.26. The van der Waals surface area contributed by atoms with E-state index in [4.69, 9.17) is 0 Å². The van der Waals surface area contributed by atoms with Crippen molar-refractivity contribution in [2.24, 2.45) is 5.92 Å². The van der Waals surface area contributed by atoms with E-state index in [9.17, 15) is 4.21 Å². The largest absolute Gasteiger partial charge is 0.314 e. The Labute approximate surface area is 89.3 Å². The van der Waals surface area contributed by atoms with Gasteiger partial charge < -0.3 is 5.32 Å². The van der Waals surface area contributed by atoms with Gasteiger partial charge in [0.05, 0.1) is 0 Å². The standard InChI is InChI=1S/C11H21NOS/c13-14-8-5-11(6-9-14)12-7-1-2-10-3-4-10/h10-12H,1-9H2. The van der Waals surface area contributed by atoms with Crippen LogP contribution in [0.2, 0.25) is 0 Å². The summed E-state index contributed by atoms with van der Waals surface area (Å²) in [5.74, 6) is 2.90. The first-order chi connectivity index (χ1) is 6.84. The zero-order chi connectivity index (χ0) is 9.80. The van der Waals surface area contributed by atoms with Gasteiger partial charge in [-0.1, -0.05) is 12.8 Å². The van der Waals surface area contributed by atoms with Gasteiger partial charge in [0.2, 0.25) is 0 Å². The molecule has 1 N–H and O–H groups in total. The van der Waals surface area contributed by atoms with Crippen molar-refractivity contribution in [2.45, 2.75) is 44.6 Å². The van der Waals surface area contributed by atoms with Crippen molar-refractivity contribution < 1.29 is 4.21 Å². The molecule has 1 heterocycles. The van der Waals surface area contributed by atoms with Gasteiger partial charge in [-0.25, -0.2) is 0 Å². The number of nitrogens with one attached hydrogen (secondary N) is 1. The van der Waals surface area contributed by atoms with Gasteiger partial charge in [-0.2, -0.15) is 0 Å². The third-order valence-corrected chi connectivity index (χ3v) is 4.69. The molecule has 1 saturated heterocycles. The van der Waals surface area contributed by atoms with E-state index in [1.54, 1.807) is 0 Å². The van der Waals surface area contributed by atoms with Crippen LogP contribution in [0.3, 0.4) is 0 Å². The predicted molar refractivity (Wildman–Crippen MR) is 60.9 cm³/mol. The summed E-state index contributed by atoms with van der Waals surface area (Å²) in [5.41, 5.74) is 0. The lowest BCUT2D eigenvalue weighted by Crippen LogP contribution is -2.36. The summed E-state index contributed by atoms with van der Waals surface area (Å²) < 4.78 is 11.1. The van der Waals surface area contributed by atoms with E-state index >= 15 is 0 Å². The lowest BCUT2D eigenvalue weighted by Gasteiger charge is -2.22. The maximum absolute atomic E-state index is 11.1. The van der Waals surface area contributed by atoms with Gasteiger partial charge in [0.1, 0.15) is 0 Å². The first-order valence-corrected chi connectivity index (χ1v) is 7.42. The minimum Gasteiger partial charge on any atom is -0.314 e. The molecule has 3 heteroatoms. The SMILES string of the molecule is O=S1CCC(NCCCC2CC2)CC1. The summed E-state index contributed by atoms with van der Waals surface area (Å²) in [6.45, 7) is 1.17. The van der Waals surface area contributed by atoms with Crippen LogP contribution in [0.25, 0.3) is 0 Å². The average molecular weight is 215 g/mol. The van der Waals surface area contributed by atoms with Gasteiger partial charge in [0.25, 0.3) is 0 Å². The molecule has 0 atom stereocenters. The van der Waals surface area contributed by atoms with E-state index in [0.29, 0.717) is 6.04 Å². The molecule has 0 bridgehead atoms. The maximum Gasteiger partial charge on any atom is 0.0249 e. The van der Waals surface area contributed by atoms with Gasteiger partial charge >= 0.3 is 0 Å². The Hall–Kier alpha value is 0.110. The molecule has 2 nitrogen and oxygen atoms in total. The smallest absolute Gasteiger partial charge is 0.0249 e. The van der Waals surface area contributed by atoms with Crippen LogP contribution in [0.5, 0.6) is 0 Å². The quantitative estimate of drug-likeness (QED) is 0.707. The topological polar surface area (TPSA) is 29.1 Å². The molecule has 1 aliphatic carbocycles. The van der Waals surface area contributed by atoms with Crippen LogP contribution in [0.15, 0.2) is 0 Å². The van der Waals surface area contributed by atoms with E-state index in [0.717, 1.165) is 30.3 Å². The molecule has 0 aromatic rings. The third-order valence-electron chi connectivity index (χ3n) is 3.31. The Morgan fingerprint density at radius 1 is 1.14 bits per heavy atom. The highest BCUT2D eigenvalue weighted by Gasteiger charge is 2.21. The van der Waals surface area contributed by atoms with E-state index in [-0.39, 0.29) is 0 Å². The lowest BCUT2D eigenvalue weighted by molar-refractivity contribution is 0.461. The molecule has 1 aliphatic heterocycles. The molecule has 2 aliphatic rings. The minimum atomic E-state index is -0.506. The van der Waals surface area contributed by atoms with Gasteiger partial charge in [-0.15, -0.1) is 0 Å². The fourth-order valence-electron chi connectivity index (χ4n) is 2.10. The van der Waals surface area contributed by atoms with E-state index in [1.165, 1.54) is 32.2 Å². The van der Waals surface area contributed by atoms with Crippen molar-refractivity contribution in [3.8, 4) is 0 Å². The Balaban J connectivity index is 1.49. The van der Waals surface area contributed by atoms with E-state index in [1.807, 2.05) is 0 Å².